The molecule has 0 aromatic heterocycles. The van der Waals surface area contributed by atoms with Gasteiger partial charge in [0.05, 0.1) is 12.0 Å². The summed E-state index contributed by atoms with van der Waals surface area (Å²) in [7, 11) is 2.82. The van der Waals surface area contributed by atoms with Crippen molar-refractivity contribution in [2.24, 2.45) is 17.8 Å². The molecule has 6 heteroatoms. The Morgan fingerprint density at radius 2 is 2.11 bits per heavy atom. The highest BCUT2D eigenvalue weighted by Crippen LogP contribution is 2.57. The van der Waals surface area contributed by atoms with Crippen molar-refractivity contribution >= 4 is 22.7 Å². The molecule has 100 valence electrons. The number of nitriles is 1. The van der Waals surface area contributed by atoms with Crippen LogP contribution in [0.5, 0.6) is 0 Å². The Morgan fingerprint density at radius 3 is 2.68 bits per heavy atom. The van der Waals surface area contributed by atoms with Crippen LogP contribution >= 0.6 is 11.8 Å². The summed E-state index contributed by atoms with van der Waals surface area (Å²) < 4.78 is 10.7. The molecule has 0 radical (unpaired) electrons. The van der Waals surface area contributed by atoms with Gasteiger partial charge in [0, 0.05) is 37.4 Å². The predicted molar refractivity (Wildman–Crippen MR) is 66.9 cm³/mol. The summed E-state index contributed by atoms with van der Waals surface area (Å²) in [5.41, 5.74) is 0.497. The van der Waals surface area contributed by atoms with Crippen LogP contribution in [-0.4, -0.2) is 36.2 Å². The second-order valence-electron chi connectivity index (χ2n) is 5.00. The molecule has 4 atom stereocenters. The van der Waals surface area contributed by atoms with E-state index in [0.29, 0.717) is 12.0 Å². The van der Waals surface area contributed by atoms with Gasteiger partial charge in [-0.3, -0.25) is 9.59 Å². The molecule has 0 aromatic rings. The second kappa shape index (κ2) is 4.17. The molecule has 0 N–H and O–H groups in total. The molecule has 1 aliphatic heterocycles. The first-order valence-corrected chi connectivity index (χ1v) is 6.93. The summed E-state index contributed by atoms with van der Waals surface area (Å²) in [5, 5.41) is 9.25. The molecule has 1 saturated heterocycles. The lowest BCUT2D eigenvalue weighted by atomic mass is 9.61. The summed E-state index contributed by atoms with van der Waals surface area (Å²) in [6, 6.07) is 2.13. The summed E-state index contributed by atoms with van der Waals surface area (Å²) in [5.74, 6) is -2.55. The van der Waals surface area contributed by atoms with Gasteiger partial charge in [-0.05, 0) is 5.92 Å². The van der Waals surface area contributed by atoms with Gasteiger partial charge >= 0.3 is 0 Å². The zero-order valence-electron chi connectivity index (χ0n) is 10.6. The van der Waals surface area contributed by atoms with Crippen molar-refractivity contribution in [2.45, 2.75) is 17.5 Å². The fourth-order valence-corrected chi connectivity index (χ4v) is 5.06. The third-order valence-electron chi connectivity index (χ3n) is 4.37. The van der Waals surface area contributed by atoms with E-state index in [4.69, 9.17) is 9.47 Å². The molecule has 4 unspecified atom stereocenters. The van der Waals surface area contributed by atoms with Gasteiger partial charge in [-0.15, -0.1) is 0 Å². The maximum atomic E-state index is 12.6. The zero-order chi connectivity index (χ0) is 13.8. The van der Waals surface area contributed by atoms with Crippen molar-refractivity contribution in [3.05, 3.63) is 11.6 Å². The van der Waals surface area contributed by atoms with Crippen LogP contribution in [0.15, 0.2) is 11.6 Å². The number of hydrogen-bond donors (Lipinski definition) is 0. The minimum Gasteiger partial charge on any atom is -0.346 e. The number of thioether (sulfide) groups is 1. The molecule has 2 fully saturated rings. The number of methoxy groups -OCH3 is 2. The Kier molecular flexibility index (Phi) is 2.82. The standard InChI is InChI=1S/C13H13NO4S/c1-17-13(18-2)10-6(5-14)3-8(12(13)16)7-4-9(15)19-11(7)10/h3,7-8,10-11H,4H2,1-2H3. The molecule has 19 heavy (non-hydrogen) atoms. The summed E-state index contributed by atoms with van der Waals surface area (Å²) in [6.07, 6.45) is 2.09. The third kappa shape index (κ3) is 1.43. The van der Waals surface area contributed by atoms with Crippen LogP contribution in [0.1, 0.15) is 6.42 Å². The maximum absolute atomic E-state index is 12.6. The van der Waals surface area contributed by atoms with Crippen molar-refractivity contribution < 1.29 is 19.1 Å². The van der Waals surface area contributed by atoms with Gasteiger partial charge in [0.25, 0.3) is 0 Å². The lowest BCUT2D eigenvalue weighted by molar-refractivity contribution is -0.239. The largest absolute Gasteiger partial charge is 0.346 e. The minimum absolute atomic E-state index is 0.0227. The topological polar surface area (TPSA) is 76.4 Å². The number of Topliss-reactive ketones (excluding diaryl/α,β-unsaturated/α-hetero) is 1. The van der Waals surface area contributed by atoms with E-state index in [1.165, 1.54) is 26.0 Å². The first-order valence-electron chi connectivity index (χ1n) is 6.05. The van der Waals surface area contributed by atoms with Crippen molar-refractivity contribution in [1.82, 2.24) is 0 Å². The first kappa shape index (κ1) is 12.9. The average Bonchev–Trinajstić information content (AvgIpc) is 2.81. The van der Waals surface area contributed by atoms with E-state index in [0.717, 1.165) is 0 Å². The molecular formula is C13H13NO4S. The molecule has 1 saturated carbocycles. The van der Waals surface area contributed by atoms with Crippen molar-refractivity contribution in [3.63, 3.8) is 0 Å². The van der Waals surface area contributed by atoms with Crippen molar-refractivity contribution in [3.8, 4) is 6.07 Å². The van der Waals surface area contributed by atoms with Crippen LogP contribution in [-0.2, 0) is 19.1 Å². The highest BCUT2D eigenvalue weighted by molar-refractivity contribution is 8.14. The van der Waals surface area contributed by atoms with E-state index in [9.17, 15) is 14.9 Å². The molecule has 0 spiro atoms. The minimum atomic E-state index is -1.41. The van der Waals surface area contributed by atoms with E-state index in [1.54, 1.807) is 6.08 Å². The molecule has 4 rings (SSSR count). The van der Waals surface area contributed by atoms with Crippen molar-refractivity contribution in [2.75, 3.05) is 14.2 Å². The van der Waals surface area contributed by atoms with Gasteiger partial charge < -0.3 is 9.47 Å². The summed E-state index contributed by atoms with van der Waals surface area (Å²) >= 11 is 1.22. The fourth-order valence-electron chi connectivity index (χ4n) is 3.56. The number of carbonyl (C=O) groups excluding carboxylic acids is 2. The first-order chi connectivity index (χ1) is 9.08. The number of rotatable bonds is 2. The zero-order valence-corrected chi connectivity index (χ0v) is 11.4. The SMILES string of the molecule is COC1(OC)C(=O)C2C=C(C#N)C1C1SC(=O)CC21. The van der Waals surface area contributed by atoms with Gasteiger partial charge in [0.2, 0.25) is 5.79 Å². The summed E-state index contributed by atoms with van der Waals surface area (Å²) in [6.45, 7) is 0. The monoisotopic (exact) mass is 279 g/mol. The molecular weight excluding hydrogens is 266 g/mol. The molecule has 4 aliphatic rings. The van der Waals surface area contributed by atoms with E-state index in [1.807, 2.05) is 0 Å². The van der Waals surface area contributed by atoms with Crippen LogP contribution < -0.4 is 0 Å². The summed E-state index contributed by atoms with van der Waals surface area (Å²) in [4.78, 5) is 24.2. The molecule has 5 nitrogen and oxygen atoms in total. The predicted octanol–water partition coefficient (Wildman–Crippen LogP) is 0.902. The molecule has 0 amide bonds. The van der Waals surface area contributed by atoms with Gasteiger partial charge in [-0.2, -0.15) is 5.26 Å². The number of hydrogen-bond acceptors (Lipinski definition) is 6. The van der Waals surface area contributed by atoms with E-state index in [2.05, 4.69) is 6.07 Å². The lowest BCUT2D eigenvalue weighted by Crippen LogP contribution is -2.64. The fraction of sp³-hybridized carbons (Fsp3) is 0.615. The van der Waals surface area contributed by atoms with Crippen molar-refractivity contribution in [1.29, 1.82) is 5.26 Å². The molecule has 0 aromatic carbocycles. The Hall–Kier alpha value is -1.16. The number of allylic oxidation sites excluding steroid dienone is 1. The highest BCUT2D eigenvalue weighted by atomic mass is 32.2. The van der Waals surface area contributed by atoms with Crippen LogP contribution in [0.3, 0.4) is 0 Å². The van der Waals surface area contributed by atoms with E-state index < -0.39 is 17.6 Å². The molecule has 1 heterocycles. The Balaban J connectivity index is 2.16. The van der Waals surface area contributed by atoms with Crippen LogP contribution in [0.2, 0.25) is 0 Å². The Morgan fingerprint density at radius 1 is 1.42 bits per heavy atom. The highest BCUT2D eigenvalue weighted by Gasteiger charge is 2.66. The number of ketones is 1. The molecule has 3 aliphatic carbocycles. The van der Waals surface area contributed by atoms with E-state index in [-0.39, 0.29) is 22.1 Å². The second-order valence-corrected chi connectivity index (χ2v) is 6.24. The Bertz CT molecular complexity index is 531. The van der Waals surface area contributed by atoms with Crippen LogP contribution in [0.25, 0.3) is 0 Å². The van der Waals surface area contributed by atoms with Crippen LogP contribution in [0.4, 0.5) is 0 Å². The Labute approximate surface area is 114 Å². The smallest absolute Gasteiger partial charge is 0.237 e. The third-order valence-corrected chi connectivity index (χ3v) is 5.69. The lowest BCUT2D eigenvalue weighted by Gasteiger charge is -2.51. The number of nitrogens with zero attached hydrogens (tertiary/aromatic N) is 1. The maximum Gasteiger partial charge on any atom is 0.237 e. The number of fused-ring (bicyclic) bond motifs is 1. The molecule has 2 bridgehead atoms. The van der Waals surface area contributed by atoms with E-state index >= 15 is 0 Å². The van der Waals surface area contributed by atoms with Gasteiger partial charge in [-0.1, -0.05) is 17.8 Å². The average molecular weight is 279 g/mol. The number of carbonyl (C=O) groups is 2. The van der Waals surface area contributed by atoms with Gasteiger partial charge in [0.15, 0.2) is 10.9 Å². The van der Waals surface area contributed by atoms with Gasteiger partial charge in [0.1, 0.15) is 0 Å². The number of ether oxygens (including phenoxy) is 2. The normalized spacial score (nSPS) is 38.9. The quantitative estimate of drug-likeness (QED) is 0.699. The van der Waals surface area contributed by atoms with Crippen LogP contribution in [0, 0.1) is 29.1 Å². The van der Waals surface area contributed by atoms with Gasteiger partial charge in [-0.25, -0.2) is 0 Å².